The number of nitrogens with zero attached hydrogens (tertiary/aromatic N) is 2. The largest absolute Gasteiger partial charge is 0.497 e. The van der Waals surface area contributed by atoms with E-state index in [0.717, 1.165) is 34.1 Å². The molecule has 0 saturated carbocycles. The summed E-state index contributed by atoms with van der Waals surface area (Å²) in [4.78, 5) is 123. The third-order valence-electron chi connectivity index (χ3n) is 12.7. The SMILES string of the molecule is COc1ccc(OC(=O)c2cc(N3C(=O)c4ccc(C(=O)O)c5c(-c6ccc(/C=C/C(=O)O)cc6)ccc(c45)C3=O)cc(N3C(=O)c4ccc(C(=O)O)c5c(-c6ccc(/C=C/C(=O)O)cc6)ccc(c45)C3=O)c2)cc1. The van der Waals surface area contributed by atoms with E-state index in [9.17, 15) is 53.4 Å². The van der Waals surface area contributed by atoms with Gasteiger partial charge in [-0.1, -0.05) is 60.7 Å². The van der Waals surface area contributed by atoms with Crippen LogP contribution in [0.2, 0.25) is 0 Å². The number of esters is 1. The molecule has 17 heteroatoms. The molecule has 0 bridgehead atoms. The van der Waals surface area contributed by atoms with Gasteiger partial charge in [-0.3, -0.25) is 19.2 Å². The van der Waals surface area contributed by atoms with Gasteiger partial charge in [0.25, 0.3) is 23.6 Å². The molecule has 0 saturated heterocycles. The van der Waals surface area contributed by atoms with Crippen molar-refractivity contribution in [2.45, 2.75) is 0 Å². The van der Waals surface area contributed by atoms with E-state index < -0.39 is 53.5 Å². The molecule has 4 N–H and O–H groups in total. The highest BCUT2D eigenvalue weighted by atomic mass is 16.5. The summed E-state index contributed by atoms with van der Waals surface area (Å²) >= 11 is 0. The standard InChI is InChI=1S/C58H34N2O15/c1-74-36-12-14-37(15-13-36)75-58(73)33-26-34(59-52(65)40-18-16-38(31-8-2-29(3-9-31)6-24-46(61)62)48-44(56(69)70)22-20-42(50(40)48)54(59)67)28-35(27-33)60-53(66)41-19-17-39(32-10-4-30(5-11-32)7-25-47(63)64)49-45(57(71)72)23-21-43(51(41)49)55(60)68/h2-28H,1H3,(H,61,62)(H,63,64)(H,69,70)(H,71,72)/b24-6+,25-7+. The van der Waals surface area contributed by atoms with Gasteiger partial charge < -0.3 is 29.9 Å². The lowest BCUT2D eigenvalue weighted by atomic mass is 9.86. The van der Waals surface area contributed by atoms with Crippen LogP contribution in [-0.4, -0.2) is 81.0 Å². The van der Waals surface area contributed by atoms with Gasteiger partial charge in [0, 0.05) is 56.0 Å². The van der Waals surface area contributed by atoms with Crippen LogP contribution in [0.3, 0.4) is 0 Å². The Bertz CT molecular complexity index is 3680. The summed E-state index contributed by atoms with van der Waals surface area (Å²) in [5.41, 5.74) is 0.868. The number of carbonyl (C=O) groups excluding carboxylic acids is 5. The molecule has 0 spiro atoms. The van der Waals surface area contributed by atoms with Gasteiger partial charge in [0.15, 0.2) is 0 Å². The highest BCUT2D eigenvalue weighted by Crippen LogP contribution is 2.44. The third kappa shape index (κ3) is 8.46. The van der Waals surface area contributed by atoms with Crippen LogP contribution in [0.1, 0.15) is 83.6 Å². The van der Waals surface area contributed by atoms with Crippen LogP contribution >= 0.6 is 0 Å². The van der Waals surface area contributed by atoms with Crippen molar-refractivity contribution in [1.29, 1.82) is 0 Å². The minimum atomic E-state index is -1.36. The predicted octanol–water partition coefficient (Wildman–Crippen LogP) is 9.75. The van der Waals surface area contributed by atoms with E-state index in [1.54, 1.807) is 48.5 Å². The van der Waals surface area contributed by atoms with E-state index in [0.29, 0.717) is 39.1 Å². The molecule has 2 aliphatic rings. The number of aliphatic carboxylic acids is 2. The normalized spacial score (nSPS) is 13.0. The van der Waals surface area contributed by atoms with Gasteiger partial charge in [0.05, 0.1) is 35.2 Å². The second-order valence-electron chi connectivity index (χ2n) is 17.0. The number of carboxylic acids is 4. The number of aromatic carboxylic acids is 2. The molecule has 0 fully saturated rings. The quantitative estimate of drug-likeness (QED) is 0.0363. The Morgan fingerprint density at radius 3 is 1.15 bits per heavy atom. The zero-order chi connectivity index (χ0) is 53.0. The lowest BCUT2D eigenvalue weighted by Crippen LogP contribution is -2.42. The fraction of sp³-hybridized carbons (Fsp3) is 0.0172. The Kier molecular flexibility index (Phi) is 12.0. The van der Waals surface area contributed by atoms with Gasteiger partial charge in [-0.25, -0.2) is 33.8 Å². The molecular formula is C58H34N2O15. The minimum Gasteiger partial charge on any atom is -0.497 e. The molecule has 75 heavy (non-hydrogen) atoms. The number of methoxy groups -OCH3 is 1. The van der Waals surface area contributed by atoms with Crippen molar-refractivity contribution in [3.8, 4) is 33.8 Å². The first kappa shape index (κ1) is 47.8. The number of carbonyl (C=O) groups is 9. The number of hydrogen-bond acceptors (Lipinski definition) is 11. The first-order chi connectivity index (χ1) is 36.0. The molecular weight excluding hydrogens is 965 g/mol. The zero-order valence-corrected chi connectivity index (χ0v) is 38.8. The monoisotopic (exact) mass is 998 g/mol. The second kappa shape index (κ2) is 18.7. The number of carboxylic acid groups (broad SMARTS) is 4. The van der Waals surface area contributed by atoms with Crippen molar-refractivity contribution in [3.05, 3.63) is 202 Å². The number of amides is 4. The molecule has 366 valence electrons. The number of ether oxygens (including phenoxy) is 2. The van der Waals surface area contributed by atoms with Crippen LogP contribution in [0.15, 0.2) is 152 Å². The first-order valence-corrected chi connectivity index (χ1v) is 22.5. The number of benzene rings is 8. The van der Waals surface area contributed by atoms with Gasteiger partial charge in [0.1, 0.15) is 11.5 Å². The number of imide groups is 2. The molecule has 2 heterocycles. The summed E-state index contributed by atoms with van der Waals surface area (Å²) in [5.74, 6) is -9.41. The van der Waals surface area contributed by atoms with Crippen molar-refractivity contribution in [3.63, 3.8) is 0 Å². The lowest BCUT2D eigenvalue weighted by molar-refractivity contribution is -0.132. The molecule has 2 aliphatic heterocycles. The molecule has 8 aromatic carbocycles. The van der Waals surface area contributed by atoms with Gasteiger partial charge in [-0.15, -0.1) is 0 Å². The maximum absolute atomic E-state index is 14.9. The average molecular weight is 999 g/mol. The van der Waals surface area contributed by atoms with Crippen molar-refractivity contribution < 1.29 is 73.1 Å². The van der Waals surface area contributed by atoms with Gasteiger partial charge in [0.2, 0.25) is 0 Å². The number of hydrogen-bond donors (Lipinski definition) is 4. The van der Waals surface area contributed by atoms with Crippen LogP contribution < -0.4 is 19.3 Å². The van der Waals surface area contributed by atoms with Crippen molar-refractivity contribution in [1.82, 2.24) is 0 Å². The summed E-state index contributed by atoms with van der Waals surface area (Å²) in [5, 5.41) is 39.2. The summed E-state index contributed by atoms with van der Waals surface area (Å²) in [7, 11) is 1.44. The molecule has 0 aromatic heterocycles. The molecule has 17 nitrogen and oxygen atoms in total. The Morgan fingerprint density at radius 1 is 0.427 bits per heavy atom. The van der Waals surface area contributed by atoms with Gasteiger partial charge in [-0.2, -0.15) is 0 Å². The van der Waals surface area contributed by atoms with Crippen molar-refractivity contribution in [2.75, 3.05) is 16.9 Å². The van der Waals surface area contributed by atoms with Crippen LogP contribution in [0.25, 0.3) is 56.0 Å². The van der Waals surface area contributed by atoms with E-state index in [-0.39, 0.29) is 77.6 Å². The summed E-state index contributed by atoms with van der Waals surface area (Å²) in [6, 6.07) is 33.2. The summed E-state index contributed by atoms with van der Waals surface area (Å²) < 4.78 is 10.9. The van der Waals surface area contributed by atoms with Gasteiger partial charge in [-0.05, 0) is 124 Å². The predicted molar refractivity (Wildman–Crippen MR) is 273 cm³/mol. The lowest BCUT2D eigenvalue weighted by Gasteiger charge is -2.31. The molecule has 8 aromatic rings. The summed E-state index contributed by atoms with van der Waals surface area (Å²) in [6.07, 6.45) is 4.65. The van der Waals surface area contributed by atoms with Crippen molar-refractivity contribution in [2.24, 2.45) is 0 Å². The molecule has 10 rings (SSSR count). The first-order valence-electron chi connectivity index (χ1n) is 22.5. The maximum Gasteiger partial charge on any atom is 0.343 e. The Morgan fingerprint density at radius 2 is 0.787 bits per heavy atom. The number of anilines is 2. The van der Waals surface area contributed by atoms with E-state index in [2.05, 4.69) is 0 Å². The molecule has 0 radical (unpaired) electrons. The van der Waals surface area contributed by atoms with E-state index in [4.69, 9.17) is 19.7 Å². The number of rotatable bonds is 13. The Balaban J connectivity index is 1.11. The van der Waals surface area contributed by atoms with Crippen molar-refractivity contribution >= 4 is 98.5 Å². The fourth-order valence-electron chi connectivity index (χ4n) is 9.34. The zero-order valence-electron chi connectivity index (χ0n) is 38.8. The Labute approximate surface area is 422 Å². The highest BCUT2D eigenvalue weighted by molar-refractivity contribution is 6.40. The van der Waals surface area contributed by atoms with E-state index in [1.165, 1.54) is 98.1 Å². The van der Waals surface area contributed by atoms with E-state index in [1.807, 2.05) is 0 Å². The minimum absolute atomic E-state index is 0.0148. The second-order valence-corrected chi connectivity index (χ2v) is 17.0. The van der Waals surface area contributed by atoms with Crippen LogP contribution in [0.5, 0.6) is 11.5 Å². The van der Waals surface area contributed by atoms with Crippen LogP contribution in [0.4, 0.5) is 11.4 Å². The van der Waals surface area contributed by atoms with Crippen LogP contribution in [0, 0.1) is 0 Å². The molecule has 0 unspecified atom stereocenters. The van der Waals surface area contributed by atoms with Crippen LogP contribution in [-0.2, 0) is 9.59 Å². The van der Waals surface area contributed by atoms with Gasteiger partial charge >= 0.3 is 29.8 Å². The van der Waals surface area contributed by atoms with E-state index >= 15 is 0 Å². The maximum atomic E-state index is 14.9. The highest BCUT2D eigenvalue weighted by Gasteiger charge is 2.40. The molecule has 0 aliphatic carbocycles. The average Bonchev–Trinajstić information content (AvgIpc) is 3.40. The topological polar surface area (TPSA) is 259 Å². The summed E-state index contributed by atoms with van der Waals surface area (Å²) in [6.45, 7) is 0. The fourth-order valence-corrected chi connectivity index (χ4v) is 9.34. The third-order valence-corrected chi connectivity index (χ3v) is 12.7. The molecule has 4 amide bonds. The molecule has 0 atom stereocenters. The smallest absolute Gasteiger partial charge is 0.343 e. The Hall–Kier alpha value is -10.8.